The van der Waals surface area contributed by atoms with E-state index >= 15 is 0 Å². The fraction of sp³-hybridized carbons (Fsp3) is 0.381. The summed E-state index contributed by atoms with van der Waals surface area (Å²) in [5.41, 5.74) is 8.65. The maximum atomic E-state index is 9.50. The lowest BCUT2D eigenvalue weighted by Crippen LogP contribution is -2.38. The third kappa shape index (κ3) is 5.86. The molecule has 4 N–H and O–H groups in total. The molecule has 0 aliphatic heterocycles. The first kappa shape index (κ1) is 23.3. The molecule has 2 heterocycles. The normalized spacial score (nSPS) is 13.3. The van der Waals surface area contributed by atoms with Crippen LogP contribution in [0.5, 0.6) is 5.75 Å². The first-order valence-corrected chi connectivity index (χ1v) is 10.5. The Balaban J connectivity index is 1.85. The quantitative estimate of drug-likeness (QED) is 0.449. The Morgan fingerprint density at radius 3 is 2.42 bits per heavy atom. The Morgan fingerprint density at radius 1 is 1.13 bits per heavy atom. The van der Waals surface area contributed by atoms with Crippen LogP contribution in [-0.2, 0) is 0 Å². The lowest BCUT2D eigenvalue weighted by Gasteiger charge is -2.17. The minimum atomic E-state index is -0.721. The van der Waals surface area contributed by atoms with E-state index in [1.807, 2.05) is 19.1 Å². The van der Waals surface area contributed by atoms with E-state index in [1.54, 1.807) is 19.1 Å². The molecule has 10 heteroatoms. The predicted molar refractivity (Wildman–Crippen MR) is 122 cm³/mol. The largest absolute Gasteiger partial charge is 0.489 e. The molecule has 31 heavy (non-hydrogen) atoms. The van der Waals surface area contributed by atoms with Crippen LogP contribution in [0, 0.1) is 6.92 Å². The summed E-state index contributed by atoms with van der Waals surface area (Å²) in [6, 6.07) is 6.76. The summed E-state index contributed by atoms with van der Waals surface area (Å²) in [6.07, 6.45) is -0.721. The molecular formula is C21H25Cl2N5O3. The molecule has 2 atom stereocenters. The van der Waals surface area contributed by atoms with Gasteiger partial charge in [0, 0.05) is 23.0 Å². The summed E-state index contributed by atoms with van der Waals surface area (Å²) < 4.78 is 11.0. The van der Waals surface area contributed by atoms with E-state index in [-0.39, 0.29) is 34.3 Å². The van der Waals surface area contributed by atoms with Crippen LogP contribution in [0.4, 0.5) is 5.69 Å². The maximum absolute atomic E-state index is 9.50. The zero-order chi connectivity index (χ0) is 22.7. The van der Waals surface area contributed by atoms with Crippen molar-refractivity contribution in [3.05, 3.63) is 40.0 Å². The highest BCUT2D eigenvalue weighted by Crippen LogP contribution is 2.37. The molecule has 3 rings (SSSR count). The number of hydrogen-bond acceptors (Lipinski definition) is 8. The third-order valence-electron chi connectivity index (χ3n) is 4.35. The van der Waals surface area contributed by atoms with Gasteiger partial charge in [-0.25, -0.2) is 4.98 Å². The molecule has 0 saturated heterocycles. The maximum Gasteiger partial charge on any atom is 0.276 e. The molecule has 166 valence electrons. The van der Waals surface area contributed by atoms with Crippen LogP contribution in [0.1, 0.15) is 26.5 Å². The van der Waals surface area contributed by atoms with Crippen LogP contribution in [-0.4, -0.2) is 45.0 Å². The number of rotatable bonds is 8. The van der Waals surface area contributed by atoms with E-state index in [9.17, 15) is 5.11 Å². The van der Waals surface area contributed by atoms with Crippen LogP contribution in [0.15, 0.2) is 28.8 Å². The second-order valence-electron chi connectivity index (χ2n) is 7.59. The van der Waals surface area contributed by atoms with Crippen LogP contribution < -0.4 is 15.8 Å². The van der Waals surface area contributed by atoms with Crippen molar-refractivity contribution in [2.75, 3.05) is 11.9 Å². The molecule has 0 unspecified atom stereocenters. The third-order valence-corrected chi connectivity index (χ3v) is 4.91. The van der Waals surface area contributed by atoms with E-state index in [1.165, 1.54) is 0 Å². The van der Waals surface area contributed by atoms with Gasteiger partial charge in [-0.1, -0.05) is 28.4 Å². The van der Waals surface area contributed by atoms with Crippen molar-refractivity contribution in [3.63, 3.8) is 0 Å². The zero-order valence-corrected chi connectivity index (χ0v) is 19.2. The molecule has 8 nitrogen and oxygen atoms in total. The Hall–Kier alpha value is -2.39. The molecule has 0 fully saturated rings. The van der Waals surface area contributed by atoms with Gasteiger partial charge < -0.3 is 25.4 Å². The van der Waals surface area contributed by atoms with Crippen molar-refractivity contribution in [2.24, 2.45) is 5.73 Å². The van der Waals surface area contributed by atoms with Crippen molar-refractivity contribution < 1.29 is 14.4 Å². The smallest absolute Gasteiger partial charge is 0.276 e. The first-order valence-electron chi connectivity index (χ1n) is 9.79. The molecule has 0 spiro atoms. The second-order valence-corrected chi connectivity index (χ2v) is 8.40. The van der Waals surface area contributed by atoms with Crippen LogP contribution >= 0.6 is 23.2 Å². The Labute approximate surface area is 190 Å². The number of benzene rings is 1. The number of aliphatic hydroxyl groups is 1. The van der Waals surface area contributed by atoms with Crippen molar-refractivity contribution >= 4 is 28.9 Å². The Kier molecular flexibility index (Phi) is 7.38. The van der Waals surface area contributed by atoms with E-state index in [2.05, 4.69) is 34.3 Å². The Morgan fingerprint density at radius 2 is 1.81 bits per heavy atom. The van der Waals surface area contributed by atoms with Gasteiger partial charge in [-0.15, -0.1) is 0 Å². The standard InChI is InChI=1S/C21H25Cl2N5O3/c1-10(2)25-14-5-11(3)26-18(8-14)21-27-20(28-31-21)13-6-15(22)19(16(23)7-13)30-9-17(24)12(4)29/h5-8,10,12,17,29H,9,24H2,1-4H3,(H,25,26)/t12-,17+/m1/s1. The van der Waals surface area contributed by atoms with Crippen molar-refractivity contribution in [1.29, 1.82) is 0 Å². The average Bonchev–Trinajstić information content (AvgIpc) is 3.16. The van der Waals surface area contributed by atoms with E-state index in [4.69, 9.17) is 38.2 Å². The highest BCUT2D eigenvalue weighted by Gasteiger charge is 2.18. The summed E-state index contributed by atoms with van der Waals surface area (Å²) in [5, 5.41) is 17.4. The van der Waals surface area contributed by atoms with Crippen LogP contribution in [0.25, 0.3) is 23.0 Å². The minimum absolute atomic E-state index is 0.0641. The number of nitrogens with one attached hydrogen (secondary N) is 1. The number of hydrogen-bond donors (Lipinski definition) is 3. The van der Waals surface area contributed by atoms with Gasteiger partial charge in [0.15, 0.2) is 5.75 Å². The number of nitrogens with two attached hydrogens (primary N) is 1. The van der Waals surface area contributed by atoms with Crippen LogP contribution in [0.2, 0.25) is 10.0 Å². The minimum Gasteiger partial charge on any atom is -0.489 e. The fourth-order valence-corrected chi connectivity index (χ4v) is 3.38. The van der Waals surface area contributed by atoms with Gasteiger partial charge in [0.1, 0.15) is 12.3 Å². The number of aromatic nitrogens is 3. The van der Waals surface area contributed by atoms with Gasteiger partial charge in [-0.3, -0.25) is 0 Å². The number of ether oxygens (including phenoxy) is 1. The molecule has 2 aromatic heterocycles. The molecule has 1 aromatic carbocycles. The number of halogens is 2. The fourth-order valence-electron chi connectivity index (χ4n) is 2.79. The first-order chi connectivity index (χ1) is 14.6. The van der Waals surface area contributed by atoms with Gasteiger partial charge in [-0.05, 0) is 52.0 Å². The molecule has 0 bridgehead atoms. The molecule has 0 saturated carbocycles. The number of pyridine rings is 1. The SMILES string of the molecule is Cc1cc(NC(C)C)cc(-c2nc(-c3cc(Cl)c(OC[C@H](N)[C@@H](C)O)c(Cl)c3)no2)n1. The number of anilines is 1. The van der Waals surface area contributed by atoms with E-state index < -0.39 is 12.1 Å². The number of aliphatic hydroxyl groups excluding tert-OH is 1. The van der Waals surface area contributed by atoms with E-state index in [0.717, 1.165) is 11.4 Å². The second kappa shape index (κ2) is 9.82. The lowest BCUT2D eigenvalue weighted by atomic mass is 10.2. The lowest BCUT2D eigenvalue weighted by molar-refractivity contribution is 0.131. The molecular weight excluding hydrogens is 441 g/mol. The number of aryl methyl sites for hydroxylation is 1. The molecule has 0 amide bonds. The summed E-state index contributed by atoms with van der Waals surface area (Å²) in [7, 11) is 0. The highest BCUT2D eigenvalue weighted by molar-refractivity contribution is 6.37. The molecule has 3 aromatic rings. The molecule has 0 aliphatic rings. The summed E-state index contributed by atoms with van der Waals surface area (Å²) in [4.78, 5) is 8.92. The van der Waals surface area contributed by atoms with Gasteiger partial charge >= 0.3 is 0 Å². The topological polar surface area (TPSA) is 119 Å². The molecule has 0 radical (unpaired) electrons. The monoisotopic (exact) mass is 465 g/mol. The summed E-state index contributed by atoms with van der Waals surface area (Å²) in [5.74, 6) is 0.866. The number of nitrogens with zero attached hydrogens (tertiary/aromatic N) is 3. The zero-order valence-electron chi connectivity index (χ0n) is 17.7. The van der Waals surface area contributed by atoms with Gasteiger partial charge in [0.05, 0.1) is 22.2 Å². The van der Waals surface area contributed by atoms with Gasteiger partial charge in [-0.2, -0.15) is 4.98 Å². The van der Waals surface area contributed by atoms with E-state index in [0.29, 0.717) is 17.1 Å². The van der Waals surface area contributed by atoms with Crippen molar-refractivity contribution in [2.45, 2.75) is 45.9 Å². The summed E-state index contributed by atoms with van der Waals surface area (Å²) in [6.45, 7) is 7.65. The average molecular weight is 466 g/mol. The van der Waals surface area contributed by atoms with Crippen molar-refractivity contribution in [1.82, 2.24) is 15.1 Å². The van der Waals surface area contributed by atoms with Gasteiger partial charge in [0.25, 0.3) is 5.89 Å². The Bertz CT molecular complexity index is 1030. The van der Waals surface area contributed by atoms with Gasteiger partial charge in [0.2, 0.25) is 5.82 Å². The van der Waals surface area contributed by atoms with Crippen LogP contribution in [0.3, 0.4) is 0 Å². The summed E-state index contributed by atoms with van der Waals surface area (Å²) >= 11 is 12.7. The van der Waals surface area contributed by atoms with Crippen molar-refractivity contribution in [3.8, 4) is 28.7 Å². The highest BCUT2D eigenvalue weighted by atomic mass is 35.5. The predicted octanol–water partition coefficient (Wildman–Crippen LogP) is 4.32. The molecule has 0 aliphatic carbocycles.